The van der Waals surface area contributed by atoms with Crippen LogP contribution in [0.3, 0.4) is 0 Å². The molecule has 1 aliphatic rings. The molecular formula is C11H16N2O3S. The average molecular weight is 256 g/mol. The molecule has 0 radical (unpaired) electrons. The molecule has 0 aromatic carbocycles. The van der Waals surface area contributed by atoms with Gasteiger partial charge < -0.3 is 15.2 Å². The third-order valence-electron chi connectivity index (χ3n) is 2.68. The monoisotopic (exact) mass is 256 g/mol. The van der Waals surface area contributed by atoms with Crippen LogP contribution in [0.25, 0.3) is 0 Å². The van der Waals surface area contributed by atoms with E-state index in [1.165, 1.54) is 17.8 Å². The molecule has 2 rings (SSSR count). The van der Waals surface area contributed by atoms with Crippen molar-refractivity contribution in [3.05, 3.63) is 11.1 Å². The topological polar surface area (TPSA) is 71.5 Å². The van der Waals surface area contributed by atoms with Gasteiger partial charge in [0.1, 0.15) is 0 Å². The first-order chi connectivity index (χ1) is 8.24. The molecule has 1 aliphatic heterocycles. The number of thiazole rings is 1. The summed E-state index contributed by atoms with van der Waals surface area (Å²) in [4.78, 5) is 14.7. The highest BCUT2D eigenvalue weighted by molar-refractivity contribution is 7.13. The Hall–Kier alpha value is -1.14. The second kappa shape index (κ2) is 5.97. The highest BCUT2D eigenvalue weighted by Crippen LogP contribution is 2.18. The SMILES string of the molecule is O=C(O)Cc1csc(NCC2CCCOC2)n1. The second-order valence-electron chi connectivity index (χ2n) is 4.18. The summed E-state index contributed by atoms with van der Waals surface area (Å²) < 4.78 is 5.39. The number of aliphatic carboxylic acids is 1. The van der Waals surface area contributed by atoms with Crippen molar-refractivity contribution in [2.45, 2.75) is 19.3 Å². The Kier molecular flexibility index (Phi) is 4.33. The van der Waals surface area contributed by atoms with Crippen molar-refractivity contribution in [1.29, 1.82) is 0 Å². The number of hydrogen-bond donors (Lipinski definition) is 2. The van der Waals surface area contributed by atoms with Gasteiger partial charge in [0.25, 0.3) is 0 Å². The summed E-state index contributed by atoms with van der Waals surface area (Å²) in [6.45, 7) is 2.52. The fraction of sp³-hybridized carbons (Fsp3) is 0.636. The maximum atomic E-state index is 10.5. The van der Waals surface area contributed by atoms with E-state index in [0.29, 0.717) is 11.6 Å². The number of aromatic nitrogens is 1. The highest BCUT2D eigenvalue weighted by Gasteiger charge is 2.14. The zero-order valence-corrected chi connectivity index (χ0v) is 10.3. The Morgan fingerprint density at radius 3 is 3.29 bits per heavy atom. The first kappa shape index (κ1) is 12.3. The third kappa shape index (κ3) is 3.98. The van der Waals surface area contributed by atoms with Crippen LogP contribution in [-0.2, 0) is 16.0 Å². The lowest BCUT2D eigenvalue weighted by Gasteiger charge is -2.21. The summed E-state index contributed by atoms with van der Waals surface area (Å²) in [5.74, 6) is -0.307. The molecule has 0 saturated carbocycles. The molecule has 0 amide bonds. The zero-order chi connectivity index (χ0) is 12.1. The van der Waals surface area contributed by atoms with Crippen molar-refractivity contribution in [2.75, 3.05) is 25.1 Å². The number of hydrogen-bond acceptors (Lipinski definition) is 5. The summed E-state index contributed by atoms with van der Waals surface area (Å²) in [6.07, 6.45) is 2.29. The van der Waals surface area contributed by atoms with E-state index in [0.717, 1.165) is 31.3 Å². The second-order valence-corrected chi connectivity index (χ2v) is 5.04. The number of carboxylic acids is 1. The molecular weight excluding hydrogens is 240 g/mol. The molecule has 1 aromatic heterocycles. The van der Waals surface area contributed by atoms with Crippen molar-refractivity contribution in [1.82, 2.24) is 4.98 Å². The van der Waals surface area contributed by atoms with Gasteiger partial charge >= 0.3 is 5.97 Å². The van der Waals surface area contributed by atoms with E-state index >= 15 is 0 Å². The van der Waals surface area contributed by atoms with Gasteiger partial charge in [-0.15, -0.1) is 11.3 Å². The molecule has 1 saturated heterocycles. The van der Waals surface area contributed by atoms with E-state index in [4.69, 9.17) is 9.84 Å². The van der Waals surface area contributed by atoms with E-state index in [1.807, 2.05) is 0 Å². The largest absolute Gasteiger partial charge is 0.481 e. The van der Waals surface area contributed by atoms with Gasteiger partial charge in [-0.2, -0.15) is 0 Å². The number of nitrogens with zero attached hydrogens (tertiary/aromatic N) is 1. The number of carbonyl (C=O) groups is 1. The molecule has 2 N–H and O–H groups in total. The summed E-state index contributed by atoms with van der Waals surface area (Å²) in [7, 11) is 0. The predicted molar refractivity (Wildman–Crippen MR) is 65.5 cm³/mol. The Morgan fingerprint density at radius 2 is 2.59 bits per heavy atom. The van der Waals surface area contributed by atoms with Gasteiger partial charge in [-0.3, -0.25) is 4.79 Å². The van der Waals surface area contributed by atoms with Crippen LogP contribution in [0.5, 0.6) is 0 Å². The van der Waals surface area contributed by atoms with Gasteiger partial charge in [-0.1, -0.05) is 0 Å². The Morgan fingerprint density at radius 1 is 1.71 bits per heavy atom. The van der Waals surface area contributed by atoms with Crippen LogP contribution in [0.2, 0.25) is 0 Å². The molecule has 0 bridgehead atoms. The van der Waals surface area contributed by atoms with Gasteiger partial charge in [0.15, 0.2) is 5.13 Å². The van der Waals surface area contributed by atoms with Crippen LogP contribution < -0.4 is 5.32 Å². The Labute approximate surface area is 104 Å². The van der Waals surface area contributed by atoms with Crippen LogP contribution in [0.1, 0.15) is 18.5 Å². The normalized spacial score (nSPS) is 20.1. The Balaban J connectivity index is 1.78. The molecule has 6 heteroatoms. The molecule has 94 valence electrons. The lowest BCUT2D eigenvalue weighted by molar-refractivity contribution is -0.136. The van der Waals surface area contributed by atoms with Crippen molar-refractivity contribution in [3.63, 3.8) is 0 Å². The molecule has 1 atom stereocenters. The molecule has 1 fully saturated rings. The van der Waals surface area contributed by atoms with Gasteiger partial charge in [0.05, 0.1) is 18.7 Å². The zero-order valence-electron chi connectivity index (χ0n) is 9.52. The number of nitrogens with one attached hydrogen (secondary N) is 1. The quantitative estimate of drug-likeness (QED) is 0.837. The van der Waals surface area contributed by atoms with Crippen molar-refractivity contribution in [3.8, 4) is 0 Å². The van der Waals surface area contributed by atoms with Crippen molar-refractivity contribution < 1.29 is 14.6 Å². The Bertz CT molecular complexity index is 375. The van der Waals surface area contributed by atoms with Crippen LogP contribution in [0, 0.1) is 5.92 Å². The van der Waals surface area contributed by atoms with Crippen molar-refractivity contribution in [2.24, 2.45) is 5.92 Å². The van der Waals surface area contributed by atoms with Crippen molar-refractivity contribution >= 4 is 22.4 Å². The number of anilines is 1. The molecule has 2 heterocycles. The van der Waals surface area contributed by atoms with Gasteiger partial charge in [-0.25, -0.2) is 4.98 Å². The molecule has 1 unspecified atom stereocenters. The maximum absolute atomic E-state index is 10.5. The average Bonchev–Trinajstić information content (AvgIpc) is 2.75. The molecule has 1 aromatic rings. The fourth-order valence-corrected chi connectivity index (χ4v) is 2.54. The smallest absolute Gasteiger partial charge is 0.309 e. The third-order valence-corrected chi connectivity index (χ3v) is 3.53. The molecule has 17 heavy (non-hydrogen) atoms. The minimum Gasteiger partial charge on any atom is -0.481 e. The minimum atomic E-state index is -0.845. The summed E-state index contributed by atoms with van der Waals surface area (Å²) in [5, 5.41) is 14.5. The number of carboxylic acid groups (broad SMARTS) is 1. The van der Waals surface area contributed by atoms with Crippen LogP contribution in [0.4, 0.5) is 5.13 Å². The van der Waals surface area contributed by atoms with Gasteiger partial charge in [-0.05, 0) is 18.8 Å². The number of ether oxygens (including phenoxy) is 1. The summed E-state index contributed by atoms with van der Waals surface area (Å²) in [5.41, 5.74) is 0.616. The lowest BCUT2D eigenvalue weighted by Crippen LogP contribution is -2.24. The first-order valence-corrected chi connectivity index (χ1v) is 6.60. The summed E-state index contributed by atoms with van der Waals surface area (Å²) in [6, 6.07) is 0. The van der Waals surface area contributed by atoms with E-state index < -0.39 is 5.97 Å². The van der Waals surface area contributed by atoms with Gasteiger partial charge in [0, 0.05) is 18.5 Å². The molecule has 0 spiro atoms. The summed E-state index contributed by atoms with van der Waals surface area (Å²) >= 11 is 1.45. The lowest BCUT2D eigenvalue weighted by atomic mass is 10.0. The molecule has 0 aliphatic carbocycles. The van der Waals surface area contributed by atoms with Crippen LogP contribution in [-0.4, -0.2) is 35.8 Å². The van der Waals surface area contributed by atoms with E-state index in [-0.39, 0.29) is 6.42 Å². The fourth-order valence-electron chi connectivity index (χ4n) is 1.82. The standard InChI is InChI=1S/C11H16N2O3S/c14-10(15)4-9-7-17-11(13-9)12-5-8-2-1-3-16-6-8/h7-8H,1-6H2,(H,12,13)(H,14,15). The first-order valence-electron chi connectivity index (χ1n) is 5.72. The van der Waals surface area contributed by atoms with E-state index in [1.54, 1.807) is 5.38 Å². The van der Waals surface area contributed by atoms with Crippen LogP contribution >= 0.6 is 11.3 Å². The molecule has 5 nitrogen and oxygen atoms in total. The number of rotatable bonds is 5. The van der Waals surface area contributed by atoms with Gasteiger partial charge in [0.2, 0.25) is 0 Å². The van der Waals surface area contributed by atoms with E-state index in [9.17, 15) is 4.79 Å². The maximum Gasteiger partial charge on any atom is 0.309 e. The minimum absolute atomic E-state index is 0.00921. The van der Waals surface area contributed by atoms with Crippen LogP contribution in [0.15, 0.2) is 5.38 Å². The highest BCUT2D eigenvalue weighted by atomic mass is 32.1. The predicted octanol–water partition coefficient (Wildman–Crippen LogP) is 1.61. The van der Waals surface area contributed by atoms with E-state index in [2.05, 4.69) is 10.3 Å².